The highest BCUT2D eigenvalue weighted by Crippen LogP contribution is 2.27. The zero-order chi connectivity index (χ0) is 18.3. The van der Waals surface area contributed by atoms with Gasteiger partial charge in [0.1, 0.15) is 11.6 Å². The van der Waals surface area contributed by atoms with Gasteiger partial charge in [-0.1, -0.05) is 12.1 Å². The van der Waals surface area contributed by atoms with E-state index in [1.165, 1.54) is 13.0 Å². The standard InChI is InChI=1S/C20H16FN3O2/c1-12(26)13-6-7-18-16(8-13)20(15-4-2-3-5-17(15)21)22-9-19-23-14(11-25)10-24(18)19/h2-8,10,25H,9,11H2,1H3. The first-order valence-electron chi connectivity index (χ1n) is 8.21. The van der Waals surface area contributed by atoms with Crippen molar-refractivity contribution in [3.8, 4) is 5.69 Å². The predicted molar refractivity (Wildman–Crippen MR) is 95.2 cm³/mol. The quantitative estimate of drug-likeness (QED) is 0.739. The van der Waals surface area contributed by atoms with Crippen molar-refractivity contribution in [1.29, 1.82) is 0 Å². The van der Waals surface area contributed by atoms with Gasteiger partial charge in [0.25, 0.3) is 0 Å². The fraction of sp³-hybridized carbons (Fsp3) is 0.150. The molecule has 2 heterocycles. The SMILES string of the molecule is CC(=O)c1ccc2c(c1)C(c1ccccc1F)=NCc1nc(CO)cn1-2. The molecule has 3 aromatic rings. The van der Waals surface area contributed by atoms with Crippen molar-refractivity contribution in [3.05, 3.63) is 82.7 Å². The lowest BCUT2D eigenvalue weighted by atomic mass is 9.97. The Morgan fingerprint density at radius 2 is 2.04 bits per heavy atom. The van der Waals surface area contributed by atoms with Gasteiger partial charge in [0.2, 0.25) is 0 Å². The second-order valence-electron chi connectivity index (χ2n) is 6.11. The summed E-state index contributed by atoms with van der Waals surface area (Å²) in [6.45, 7) is 1.56. The first-order chi connectivity index (χ1) is 12.6. The molecule has 1 aliphatic rings. The Hall–Kier alpha value is -3.12. The van der Waals surface area contributed by atoms with Crippen LogP contribution in [0.2, 0.25) is 0 Å². The number of hydrogen-bond acceptors (Lipinski definition) is 4. The summed E-state index contributed by atoms with van der Waals surface area (Å²) in [7, 11) is 0. The summed E-state index contributed by atoms with van der Waals surface area (Å²) in [6, 6.07) is 11.7. The number of aromatic nitrogens is 2. The Balaban J connectivity index is 1.99. The summed E-state index contributed by atoms with van der Waals surface area (Å²) in [5.74, 6) is 0.199. The van der Waals surface area contributed by atoms with Crippen LogP contribution >= 0.6 is 0 Å². The van der Waals surface area contributed by atoms with Gasteiger partial charge in [-0.05, 0) is 37.3 Å². The molecule has 0 bridgehead atoms. The average Bonchev–Trinajstić information content (AvgIpc) is 3.00. The molecule has 0 atom stereocenters. The zero-order valence-corrected chi connectivity index (χ0v) is 14.1. The predicted octanol–water partition coefficient (Wildman–Crippen LogP) is 3.06. The Kier molecular flexibility index (Phi) is 3.97. The number of carbonyl (C=O) groups is 1. The van der Waals surface area contributed by atoms with Crippen molar-refractivity contribution in [3.63, 3.8) is 0 Å². The number of aliphatic hydroxyl groups is 1. The summed E-state index contributed by atoms with van der Waals surface area (Å²) in [5, 5.41) is 9.38. The Labute approximate surface area is 149 Å². The van der Waals surface area contributed by atoms with Gasteiger partial charge < -0.3 is 9.67 Å². The van der Waals surface area contributed by atoms with Gasteiger partial charge in [-0.25, -0.2) is 9.37 Å². The number of hydrogen-bond donors (Lipinski definition) is 1. The van der Waals surface area contributed by atoms with E-state index in [9.17, 15) is 14.3 Å². The molecule has 0 unspecified atom stereocenters. The van der Waals surface area contributed by atoms with E-state index in [1.54, 1.807) is 42.6 Å². The summed E-state index contributed by atoms with van der Waals surface area (Å²) in [5.41, 5.74) is 3.32. The van der Waals surface area contributed by atoms with Crippen LogP contribution in [0.5, 0.6) is 0 Å². The van der Waals surface area contributed by atoms with Crippen LogP contribution in [0, 0.1) is 5.82 Å². The molecule has 130 valence electrons. The number of nitrogens with zero attached hydrogens (tertiary/aromatic N) is 3. The minimum Gasteiger partial charge on any atom is -0.390 e. The second-order valence-corrected chi connectivity index (χ2v) is 6.11. The third kappa shape index (κ3) is 2.64. The molecule has 5 nitrogen and oxygen atoms in total. The molecule has 0 spiro atoms. The maximum absolute atomic E-state index is 14.4. The van der Waals surface area contributed by atoms with Crippen LogP contribution in [-0.4, -0.2) is 26.2 Å². The summed E-state index contributed by atoms with van der Waals surface area (Å²) in [4.78, 5) is 20.8. The van der Waals surface area contributed by atoms with E-state index in [-0.39, 0.29) is 24.8 Å². The minimum atomic E-state index is -0.374. The van der Waals surface area contributed by atoms with Gasteiger partial charge in [0.05, 0.1) is 30.2 Å². The number of halogens is 1. The van der Waals surface area contributed by atoms with E-state index < -0.39 is 0 Å². The third-order valence-electron chi connectivity index (χ3n) is 4.42. The monoisotopic (exact) mass is 349 g/mol. The highest BCUT2D eigenvalue weighted by molar-refractivity contribution is 6.16. The number of carbonyl (C=O) groups excluding carboxylic acids is 1. The Morgan fingerprint density at radius 1 is 1.23 bits per heavy atom. The van der Waals surface area contributed by atoms with Crippen LogP contribution in [0.25, 0.3) is 5.69 Å². The van der Waals surface area contributed by atoms with Gasteiger partial charge in [-0.2, -0.15) is 0 Å². The van der Waals surface area contributed by atoms with Crippen LogP contribution in [0.3, 0.4) is 0 Å². The Bertz CT molecular complexity index is 1050. The molecule has 1 N–H and O–H groups in total. The van der Waals surface area contributed by atoms with E-state index in [1.807, 2.05) is 4.57 Å². The van der Waals surface area contributed by atoms with Crippen LogP contribution in [0.15, 0.2) is 53.7 Å². The smallest absolute Gasteiger partial charge is 0.159 e. The van der Waals surface area contributed by atoms with E-state index >= 15 is 0 Å². The maximum atomic E-state index is 14.4. The van der Waals surface area contributed by atoms with E-state index in [2.05, 4.69) is 9.98 Å². The number of rotatable bonds is 3. The molecular weight excluding hydrogens is 333 g/mol. The van der Waals surface area contributed by atoms with Gasteiger partial charge in [-0.15, -0.1) is 0 Å². The number of imidazole rings is 1. The summed E-state index contributed by atoms with van der Waals surface area (Å²) >= 11 is 0. The van der Waals surface area contributed by atoms with Crippen molar-refractivity contribution >= 4 is 11.5 Å². The molecule has 1 aliphatic heterocycles. The lowest BCUT2D eigenvalue weighted by Gasteiger charge is -2.13. The highest BCUT2D eigenvalue weighted by Gasteiger charge is 2.22. The van der Waals surface area contributed by atoms with Crippen molar-refractivity contribution in [1.82, 2.24) is 9.55 Å². The number of aliphatic hydroxyl groups excluding tert-OH is 1. The third-order valence-corrected chi connectivity index (χ3v) is 4.42. The summed E-state index contributed by atoms with van der Waals surface area (Å²) in [6.07, 6.45) is 1.74. The largest absolute Gasteiger partial charge is 0.390 e. The number of Topliss-reactive ketones (excluding diaryl/α,β-unsaturated/α-hetero) is 1. The lowest BCUT2D eigenvalue weighted by molar-refractivity contribution is 0.101. The van der Waals surface area contributed by atoms with Crippen molar-refractivity contribution < 1.29 is 14.3 Å². The lowest BCUT2D eigenvalue weighted by Crippen LogP contribution is -2.10. The van der Waals surface area contributed by atoms with Gasteiger partial charge in [0, 0.05) is 22.9 Å². The normalized spacial score (nSPS) is 12.8. The molecule has 0 radical (unpaired) electrons. The minimum absolute atomic E-state index is 0.0770. The van der Waals surface area contributed by atoms with Gasteiger partial charge in [-0.3, -0.25) is 9.79 Å². The van der Waals surface area contributed by atoms with Crippen molar-refractivity contribution in [2.45, 2.75) is 20.1 Å². The van der Waals surface area contributed by atoms with Crippen LogP contribution < -0.4 is 0 Å². The number of ketones is 1. The Morgan fingerprint density at radius 3 is 2.77 bits per heavy atom. The fourth-order valence-corrected chi connectivity index (χ4v) is 3.14. The first-order valence-corrected chi connectivity index (χ1v) is 8.21. The zero-order valence-electron chi connectivity index (χ0n) is 14.1. The number of fused-ring (bicyclic) bond motifs is 3. The van der Waals surface area contributed by atoms with Gasteiger partial charge in [0.15, 0.2) is 5.78 Å². The van der Waals surface area contributed by atoms with E-state index in [4.69, 9.17) is 0 Å². The van der Waals surface area contributed by atoms with Gasteiger partial charge >= 0.3 is 0 Å². The molecule has 0 saturated heterocycles. The number of aliphatic imine (C=N–C) groups is 1. The fourth-order valence-electron chi connectivity index (χ4n) is 3.14. The molecule has 6 heteroatoms. The second kappa shape index (κ2) is 6.31. The molecule has 0 saturated carbocycles. The summed E-state index contributed by atoms with van der Waals surface area (Å²) < 4.78 is 16.3. The molecule has 0 amide bonds. The van der Waals surface area contributed by atoms with E-state index in [0.717, 1.165) is 5.69 Å². The van der Waals surface area contributed by atoms with Crippen molar-refractivity contribution in [2.24, 2.45) is 4.99 Å². The molecular formula is C20H16FN3O2. The molecule has 26 heavy (non-hydrogen) atoms. The number of benzene rings is 2. The maximum Gasteiger partial charge on any atom is 0.159 e. The van der Waals surface area contributed by atoms with E-state index in [0.29, 0.717) is 33.9 Å². The molecule has 4 rings (SSSR count). The van der Waals surface area contributed by atoms with Crippen LogP contribution in [-0.2, 0) is 13.2 Å². The molecule has 2 aromatic carbocycles. The van der Waals surface area contributed by atoms with Crippen molar-refractivity contribution in [2.75, 3.05) is 0 Å². The highest BCUT2D eigenvalue weighted by atomic mass is 19.1. The van der Waals surface area contributed by atoms with Crippen LogP contribution in [0.4, 0.5) is 4.39 Å². The molecule has 0 fully saturated rings. The molecule has 0 aliphatic carbocycles. The topological polar surface area (TPSA) is 67.5 Å². The average molecular weight is 349 g/mol. The van der Waals surface area contributed by atoms with Crippen LogP contribution in [0.1, 0.15) is 39.9 Å². The first kappa shape index (κ1) is 16.4. The molecule has 1 aromatic heterocycles.